The molecule has 0 bridgehead atoms. The number of anilines is 1. The molecule has 1 unspecified atom stereocenters. The van der Waals surface area contributed by atoms with Gasteiger partial charge in [0.25, 0.3) is 0 Å². The van der Waals surface area contributed by atoms with E-state index in [1.807, 2.05) is 0 Å². The molecular weight excluding hydrogens is 327 g/mol. The number of nitrogens with one attached hydrogen (secondary N) is 1. The van der Waals surface area contributed by atoms with E-state index >= 15 is 0 Å². The van der Waals surface area contributed by atoms with Crippen molar-refractivity contribution in [2.24, 2.45) is 0 Å². The molecule has 1 aliphatic rings. The molecule has 1 saturated heterocycles. The topological polar surface area (TPSA) is 88.3 Å². The molecule has 0 saturated carbocycles. The van der Waals surface area contributed by atoms with Crippen LogP contribution in [0.3, 0.4) is 0 Å². The molecule has 132 valence electrons. The highest BCUT2D eigenvalue weighted by Gasteiger charge is 2.31. The molecule has 7 nitrogen and oxygen atoms in total. The minimum absolute atomic E-state index is 0.000523. The van der Waals surface area contributed by atoms with Gasteiger partial charge in [0, 0.05) is 13.1 Å². The minimum Gasteiger partial charge on any atom is -0.339 e. The number of nitrogens with zero attached hydrogens (tertiary/aromatic N) is 3. The number of hydrogen-bond donors (Lipinski definition) is 1. The Labute approximate surface area is 144 Å². The zero-order valence-electron chi connectivity index (χ0n) is 14.1. The van der Waals surface area contributed by atoms with Crippen LogP contribution in [0.15, 0.2) is 22.7 Å². The smallest absolute Gasteiger partial charge is 0.313 e. The molecule has 1 aromatic carbocycles. The summed E-state index contributed by atoms with van der Waals surface area (Å²) in [5.41, 5.74) is 0.786. The van der Waals surface area contributed by atoms with E-state index in [2.05, 4.69) is 15.5 Å². The Bertz CT molecular complexity index is 805. The van der Waals surface area contributed by atoms with Gasteiger partial charge in [-0.2, -0.15) is 4.98 Å². The van der Waals surface area contributed by atoms with E-state index in [0.717, 1.165) is 18.4 Å². The number of rotatable bonds is 2. The molecule has 1 fully saturated rings. The van der Waals surface area contributed by atoms with Crippen LogP contribution in [-0.4, -0.2) is 39.9 Å². The summed E-state index contributed by atoms with van der Waals surface area (Å²) in [6, 6.07) is 4.33. The number of piperidine rings is 1. The lowest BCUT2D eigenvalue weighted by atomic mass is 9.98. The second kappa shape index (κ2) is 7.00. The lowest BCUT2D eigenvalue weighted by Crippen LogP contribution is -2.44. The normalized spacial score (nSPS) is 17.4. The Morgan fingerprint density at radius 3 is 2.88 bits per heavy atom. The van der Waals surface area contributed by atoms with Crippen LogP contribution in [0.4, 0.5) is 10.1 Å². The van der Waals surface area contributed by atoms with Crippen molar-refractivity contribution in [2.45, 2.75) is 32.6 Å². The largest absolute Gasteiger partial charge is 0.339 e. The summed E-state index contributed by atoms with van der Waals surface area (Å²) in [7, 11) is 0. The Hall–Kier alpha value is -2.77. The van der Waals surface area contributed by atoms with E-state index in [4.69, 9.17) is 4.52 Å². The fraction of sp³-hybridized carbons (Fsp3) is 0.412. The first kappa shape index (κ1) is 17.1. The molecule has 1 N–H and O–H groups in total. The van der Waals surface area contributed by atoms with Crippen molar-refractivity contribution in [3.05, 3.63) is 41.3 Å². The molecule has 0 aliphatic carbocycles. The van der Waals surface area contributed by atoms with Crippen molar-refractivity contribution >= 4 is 17.5 Å². The van der Waals surface area contributed by atoms with Crippen LogP contribution in [0.5, 0.6) is 0 Å². The van der Waals surface area contributed by atoms with Gasteiger partial charge >= 0.3 is 11.8 Å². The number of benzene rings is 1. The number of likely N-dealkylation sites (tertiary alicyclic amines) is 1. The number of carbonyl (C=O) groups excluding carboxylic acids is 2. The molecule has 2 heterocycles. The molecular formula is C17H19FN4O3. The van der Waals surface area contributed by atoms with Crippen molar-refractivity contribution in [3.8, 4) is 0 Å². The van der Waals surface area contributed by atoms with Crippen LogP contribution >= 0.6 is 0 Å². The maximum absolute atomic E-state index is 13.8. The third-order valence-electron chi connectivity index (χ3n) is 4.17. The predicted molar refractivity (Wildman–Crippen MR) is 87.4 cm³/mol. The number of amides is 2. The molecule has 25 heavy (non-hydrogen) atoms. The van der Waals surface area contributed by atoms with Gasteiger partial charge in [0.05, 0.1) is 11.6 Å². The van der Waals surface area contributed by atoms with Crippen molar-refractivity contribution in [1.82, 2.24) is 15.0 Å². The zero-order valence-corrected chi connectivity index (χ0v) is 14.1. The number of carbonyl (C=O) groups is 2. The Morgan fingerprint density at radius 2 is 2.16 bits per heavy atom. The zero-order chi connectivity index (χ0) is 18.0. The van der Waals surface area contributed by atoms with Crippen molar-refractivity contribution < 1.29 is 18.5 Å². The summed E-state index contributed by atoms with van der Waals surface area (Å²) in [6.45, 7) is 4.29. The maximum atomic E-state index is 13.8. The Balaban J connectivity index is 1.67. The third kappa shape index (κ3) is 3.84. The van der Waals surface area contributed by atoms with Crippen LogP contribution in [0.2, 0.25) is 0 Å². The highest BCUT2D eigenvalue weighted by atomic mass is 19.1. The van der Waals surface area contributed by atoms with Crippen LogP contribution < -0.4 is 5.32 Å². The first-order chi connectivity index (χ1) is 11.9. The molecule has 1 aliphatic heterocycles. The van der Waals surface area contributed by atoms with Crippen LogP contribution in [0.1, 0.15) is 36.0 Å². The lowest BCUT2D eigenvalue weighted by molar-refractivity contribution is -0.144. The SMILES string of the molecule is Cc1ccc(F)c(NC(=O)C(=O)N2CCCC(c3nc(C)no3)C2)c1. The van der Waals surface area contributed by atoms with Gasteiger partial charge in [-0.25, -0.2) is 4.39 Å². The number of aromatic nitrogens is 2. The van der Waals surface area contributed by atoms with Gasteiger partial charge in [0.15, 0.2) is 5.82 Å². The van der Waals surface area contributed by atoms with Gasteiger partial charge in [-0.3, -0.25) is 9.59 Å². The predicted octanol–water partition coefficient (Wildman–Crippen LogP) is 2.17. The van der Waals surface area contributed by atoms with Crippen molar-refractivity contribution in [1.29, 1.82) is 0 Å². The first-order valence-corrected chi connectivity index (χ1v) is 8.10. The minimum atomic E-state index is -0.855. The summed E-state index contributed by atoms with van der Waals surface area (Å²) < 4.78 is 18.9. The summed E-state index contributed by atoms with van der Waals surface area (Å²) in [4.78, 5) is 30.2. The van der Waals surface area contributed by atoms with Gasteiger partial charge in [0.2, 0.25) is 5.89 Å². The Morgan fingerprint density at radius 1 is 1.36 bits per heavy atom. The van der Waals surface area contributed by atoms with E-state index in [1.54, 1.807) is 19.9 Å². The van der Waals surface area contributed by atoms with Crippen LogP contribution in [0.25, 0.3) is 0 Å². The van der Waals surface area contributed by atoms with E-state index in [0.29, 0.717) is 24.8 Å². The second-order valence-corrected chi connectivity index (χ2v) is 6.21. The van der Waals surface area contributed by atoms with Gasteiger partial charge in [-0.15, -0.1) is 0 Å². The van der Waals surface area contributed by atoms with E-state index in [1.165, 1.54) is 17.0 Å². The van der Waals surface area contributed by atoms with Gasteiger partial charge in [-0.05, 0) is 44.4 Å². The van der Waals surface area contributed by atoms with E-state index < -0.39 is 17.6 Å². The number of aryl methyl sites for hydroxylation is 2. The van der Waals surface area contributed by atoms with E-state index in [-0.39, 0.29) is 11.6 Å². The fourth-order valence-electron chi connectivity index (χ4n) is 2.90. The van der Waals surface area contributed by atoms with Gasteiger partial charge < -0.3 is 14.7 Å². The molecule has 2 amide bonds. The standard InChI is InChI=1S/C17H19FN4O3/c1-10-5-6-13(18)14(8-10)20-15(23)17(24)22-7-3-4-12(9-22)16-19-11(2)21-25-16/h5-6,8,12H,3-4,7,9H2,1-2H3,(H,20,23). The van der Waals surface area contributed by atoms with Crippen LogP contribution in [0, 0.1) is 19.7 Å². The molecule has 8 heteroatoms. The highest BCUT2D eigenvalue weighted by Crippen LogP contribution is 2.26. The van der Waals surface area contributed by atoms with Gasteiger partial charge in [0.1, 0.15) is 5.82 Å². The molecule has 2 aromatic rings. The first-order valence-electron chi connectivity index (χ1n) is 8.10. The summed E-state index contributed by atoms with van der Waals surface area (Å²) in [6.07, 6.45) is 1.53. The highest BCUT2D eigenvalue weighted by molar-refractivity contribution is 6.39. The molecule has 0 radical (unpaired) electrons. The molecule has 3 rings (SSSR count). The molecule has 0 spiro atoms. The lowest BCUT2D eigenvalue weighted by Gasteiger charge is -2.30. The second-order valence-electron chi connectivity index (χ2n) is 6.21. The fourth-order valence-corrected chi connectivity index (χ4v) is 2.90. The average Bonchev–Trinajstić information content (AvgIpc) is 3.04. The summed E-state index contributed by atoms with van der Waals surface area (Å²) in [5.74, 6) is -1.22. The number of hydrogen-bond acceptors (Lipinski definition) is 5. The quantitative estimate of drug-likeness (QED) is 0.842. The summed E-state index contributed by atoms with van der Waals surface area (Å²) >= 11 is 0. The Kier molecular flexibility index (Phi) is 4.78. The average molecular weight is 346 g/mol. The maximum Gasteiger partial charge on any atom is 0.313 e. The monoisotopic (exact) mass is 346 g/mol. The summed E-state index contributed by atoms with van der Waals surface area (Å²) in [5, 5.41) is 6.11. The van der Waals surface area contributed by atoms with E-state index in [9.17, 15) is 14.0 Å². The van der Waals surface area contributed by atoms with Crippen molar-refractivity contribution in [3.63, 3.8) is 0 Å². The van der Waals surface area contributed by atoms with Crippen LogP contribution in [-0.2, 0) is 9.59 Å². The van der Waals surface area contributed by atoms with Gasteiger partial charge in [-0.1, -0.05) is 11.2 Å². The molecule has 1 atom stereocenters. The molecule has 1 aromatic heterocycles. The van der Waals surface area contributed by atoms with Crippen molar-refractivity contribution in [2.75, 3.05) is 18.4 Å². The third-order valence-corrected chi connectivity index (χ3v) is 4.17. The number of halogens is 1.